The van der Waals surface area contributed by atoms with Crippen LogP contribution >= 0.6 is 0 Å². The van der Waals surface area contributed by atoms with Crippen molar-refractivity contribution < 1.29 is 4.79 Å². The van der Waals surface area contributed by atoms with Crippen molar-refractivity contribution in [3.63, 3.8) is 0 Å². The summed E-state index contributed by atoms with van der Waals surface area (Å²) in [4.78, 5) is 11.2. The highest BCUT2D eigenvalue weighted by Crippen LogP contribution is 2.22. The Morgan fingerprint density at radius 3 is 2.58 bits per heavy atom. The van der Waals surface area contributed by atoms with E-state index in [-0.39, 0.29) is 5.91 Å². The highest BCUT2D eigenvalue weighted by Gasteiger charge is 2.26. The number of unbranched alkanes of at least 4 members (excludes halogenated alkanes) is 1. The van der Waals surface area contributed by atoms with E-state index in [1.165, 1.54) is 0 Å². The number of nitrogens with one attached hydrogen (secondary N) is 1. The first-order valence-electron chi connectivity index (χ1n) is 4.24. The third kappa shape index (κ3) is 3.38. The zero-order valence-electron chi connectivity index (χ0n) is 7.98. The minimum Gasteiger partial charge on any atom is -0.273 e. The van der Waals surface area contributed by atoms with Gasteiger partial charge in [0.2, 0.25) is 5.91 Å². The lowest BCUT2D eigenvalue weighted by Crippen LogP contribution is -2.34. The average molecular weight is 168 g/mol. The lowest BCUT2D eigenvalue weighted by atomic mass is 9.86. The maximum Gasteiger partial charge on any atom is 0.238 e. The van der Waals surface area contributed by atoms with E-state index < -0.39 is 5.41 Å². The number of rotatable bonds is 4. The Morgan fingerprint density at radius 2 is 2.17 bits per heavy atom. The fraction of sp³-hybridized carbons (Fsp3) is 0.778. The van der Waals surface area contributed by atoms with Crippen molar-refractivity contribution in [2.45, 2.75) is 40.0 Å². The molecule has 0 heterocycles. The Kier molecular flexibility index (Phi) is 4.35. The van der Waals surface area contributed by atoms with Gasteiger partial charge >= 0.3 is 0 Å². The van der Waals surface area contributed by atoms with Crippen LogP contribution in [0.4, 0.5) is 0 Å². The lowest BCUT2D eigenvalue weighted by molar-refractivity contribution is -0.128. The summed E-state index contributed by atoms with van der Waals surface area (Å²) in [5.74, 6) is -0.182. The lowest BCUT2D eigenvalue weighted by Gasteiger charge is -2.20. The van der Waals surface area contributed by atoms with Gasteiger partial charge in [-0.15, -0.1) is 0 Å². The molecule has 0 aliphatic rings. The first-order valence-corrected chi connectivity index (χ1v) is 4.24. The zero-order chi connectivity index (χ0) is 9.61. The molecule has 3 heteroatoms. The average Bonchev–Trinajstić information content (AvgIpc) is 2.01. The molecule has 1 amide bonds. The molecule has 0 aromatic carbocycles. The summed E-state index contributed by atoms with van der Waals surface area (Å²) in [5, 5.41) is 10.4. The topological polar surface area (TPSA) is 52.9 Å². The minimum atomic E-state index is -0.411. The van der Waals surface area contributed by atoms with Crippen LogP contribution in [0, 0.1) is 16.9 Å². The Balaban J connectivity index is 4.01. The van der Waals surface area contributed by atoms with Gasteiger partial charge in [-0.1, -0.05) is 33.6 Å². The van der Waals surface area contributed by atoms with Crippen molar-refractivity contribution in [2.24, 2.45) is 5.41 Å². The van der Waals surface area contributed by atoms with E-state index in [0.717, 1.165) is 19.3 Å². The maximum atomic E-state index is 11.2. The number of hydrogen-bond acceptors (Lipinski definition) is 2. The number of nitrogens with zero attached hydrogens (tertiary/aromatic N) is 1. The second-order valence-corrected chi connectivity index (χ2v) is 3.55. The van der Waals surface area contributed by atoms with E-state index in [1.807, 2.05) is 13.8 Å². The van der Waals surface area contributed by atoms with E-state index in [9.17, 15) is 4.79 Å². The van der Waals surface area contributed by atoms with Crippen LogP contribution in [0.5, 0.6) is 0 Å². The first-order chi connectivity index (χ1) is 5.54. The van der Waals surface area contributed by atoms with Crippen LogP contribution in [0.3, 0.4) is 0 Å². The SMILES string of the molecule is CCCCC(C)(C)C(=O)NC#N. The van der Waals surface area contributed by atoms with E-state index >= 15 is 0 Å². The highest BCUT2D eigenvalue weighted by molar-refractivity contribution is 5.82. The normalized spacial score (nSPS) is 10.5. The van der Waals surface area contributed by atoms with Gasteiger partial charge in [0.05, 0.1) is 0 Å². The van der Waals surface area contributed by atoms with E-state index in [1.54, 1.807) is 6.19 Å². The molecule has 12 heavy (non-hydrogen) atoms. The van der Waals surface area contributed by atoms with Gasteiger partial charge in [0, 0.05) is 5.41 Å². The third-order valence-electron chi connectivity index (χ3n) is 1.94. The van der Waals surface area contributed by atoms with Crippen LogP contribution in [0.15, 0.2) is 0 Å². The van der Waals surface area contributed by atoms with Crippen molar-refractivity contribution >= 4 is 5.91 Å². The molecule has 0 aliphatic carbocycles. The summed E-state index contributed by atoms with van der Waals surface area (Å²) in [6.45, 7) is 5.79. The first kappa shape index (κ1) is 11.0. The van der Waals surface area contributed by atoms with Crippen LogP contribution in [0.25, 0.3) is 0 Å². The number of amides is 1. The van der Waals surface area contributed by atoms with E-state index in [2.05, 4.69) is 12.2 Å². The van der Waals surface area contributed by atoms with Crippen LogP contribution < -0.4 is 5.32 Å². The monoisotopic (exact) mass is 168 g/mol. The third-order valence-corrected chi connectivity index (χ3v) is 1.94. The van der Waals surface area contributed by atoms with Crippen molar-refractivity contribution in [1.29, 1.82) is 5.26 Å². The fourth-order valence-corrected chi connectivity index (χ4v) is 0.952. The van der Waals surface area contributed by atoms with Gasteiger partial charge in [0.25, 0.3) is 0 Å². The van der Waals surface area contributed by atoms with E-state index in [0.29, 0.717) is 0 Å². The summed E-state index contributed by atoms with van der Waals surface area (Å²) >= 11 is 0. The van der Waals surface area contributed by atoms with Gasteiger partial charge in [0.1, 0.15) is 0 Å². The van der Waals surface area contributed by atoms with Crippen molar-refractivity contribution in [2.75, 3.05) is 0 Å². The van der Waals surface area contributed by atoms with Crippen molar-refractivity contribution in [3.8, 4) is 6.19 Å². The Hall–Kier alpha value is -1.04. The smallest absolute Gasteiger partial charge is 0.238 e. The number of carbonyl (C=O) groups excluding carboxylic acids is 1. The van der Waals surface area contributed by atoms with Gasteiger partial charge < -0.3 is 0 Å². The molecular weight excluding hydrogens is 152 g/mol. The largest absolute Gasteiger partial charge is 0.273 e. The molecule has 0 radical (unpaired) electrons. The van der Waals surface area contributed by atoms with Gasteiger partial charge in [-0.05, 0) is 6.42 Å². The minimum absolute atomic E-state index is 0.182. The summed E-state index contributed by atoms with van der Waals surface area (Å²) < 4.78 is 0. The van der Waals surface area contributed by atoms with Crippen LogP contribution in [0.1, 0.15) is 40.0 Å². The molecule has 0 saturated heterocycles. The Bertz CT molecular complexity index is 191. The molecule has 0 aromatic heterocycles. The Morgan fingerprint density at radius 1 is 1.58 bits per heavy atom. The van der Waals surface area contributed by atoms with Gasteiger partial charge in [-0.2, -0.15) is 5.26 Å². The standard InChI is InChI=1S/C9H16N2O/c1-4-5-6-9(2,3)8(12)11-7-10/h4-6H2,1-3H3,(H,11,12). The van der Waals surface area contributed by atoms with Gasteiger partial charge in [0.15, 0.2) is 6.19 Å². The zero-order valence-corrected chi connectivity index (χ0v) is 7.98. The van der Waals surface area contributed by atoms with Crippen molar-refractivity contribution in [3.05, 3.63) is 0 Å². The van der Waals surface area contributed by atoms with Gasteiger partial charge in [-0.25, -0.2) is 0 Å². The van der Waals surface area contributed by atoms with Crippen LogP contribution in [0.2, 0.25) is 0 Å². The summed E-state index contributed by atoms with van der Waals surface area (Å²) in [6.07, 6.45) is 4.57. The quantitative estimate of drug-likeness (QED) is 0.514. The Labute approximate surface area is 73.8 Å². The predicted molar refractivity (Wildman–Crippen MR) is 47.1 cm³/mol. The number of nitriles is 1. The molecule has 0 aliphatic heterocycles. The molecule has 0 unspecified atom stereocenters. The number of carbonyl (C=O) groups is 1. The molecule has 0 spiro atoms. The molecule has 0 saturated carbocycles. The molecule has 3 nitrogen and oxygen atoms in total. The fourth-order valence-electron chi connectivity index (χ4n) is 0.952. The second-order valence-electron chi connectivity index (χ2n) is 3.55. The summed E-state index contributed by atoms with van der Waals surface area (Å²) in [7, 11) is 0. The maximum absolute atomic E-state index is 11.2. The molecule has 0 aromatic rings. The van der Waals surface area contributed by atoms with Gasteiger partial charge in [-0.3, -0.25) is 10.1 Å². The van der Waals surface area contributed by atoms with Crippen molar-refractivity contribution in [1.82, 2.24) is 5.32 Å². The molecule has 0 bridgehead atoms. The highest BCUT2D eigenvalue weighted by atomic mass is 16.2. The predicted octanol–water partition coefficient (Wildman–Crippen LogP) is 1.80. The second kappa shape index (κ2) is 4.76. The molecule has 0 atom stereocenters. The molecular formula is C9H16N2O. The number of hydrogen-bond donors (Lipinski definition) is 1. The molecule has 0 rings (SSSR count). The van der Waals surface area contributed by atoms with Crippen LogP contribution in [-0.4, -0.2) is 5.91 Å². The molecule has 1 N–H and O–H groups in total. The summed E-state index contributed by atoms with van der Waals surface area (Å²) in [6, 6.07) is 0. The van der Waals surface area contributed by atoms with Crippen LogP contribution in [-0.2, 0) is 4.79 Å². The summed E-state index contributed by atoms with van der Waals surface area (Å²) in [5.41, 5.74) is -0.411. The molecule has 0 fully saturated rings. The molecule has 68 valence electrons. The van der Waals surface area contributed by atoms with E-state index in [4.69, 9.17) is 5.26 Å².